The molecule has 0 bridgehead atoms. The summed E-state index contributed by atoms with van der Waals surface area (Å²) >= 11 is 0. The van der Waals surface area contributed by atoms with Crippen LogP contribution >= 0.6 is 0 Å². The van der Waals surface area contributed by atoms with E-state index in [1.54, 1.807) is 6.92 Å². The van der Waals surface area contributed by atoms with Crippen molar-refractivity contribution in [3.63, 3.8) is 0 Å². The van der Waals surface area contributed by atoms with Gasteiger partial charge < -0.3 is 4.74 Å². The van der Waals surface area contributed by atoms with Gasteiger partial charge in [0, 0.05) is 0 Å². The van der Waals surface area contributed by atoms with E-state index in [-0.39, 0.29) is 11.9 Å². The predicted octanol–water partition coefficient (Wildman–Crippen LogP) is 2.20. The predicted molar refractivity (Wildman–Crippen MR) is 50.8 cm³/mol. The average Bonchev–Trinajstić information content (AvgIpc) is 2.15. The fourth-order valence-electron chi connectivity index (χ4n) is 0.871. The lowest BCUT2D eigenvalue weighted by Crippen LogP contribution is -2.11. The Morgan fingerprint density at radius 3 is 2.62 bits per heavy atom. The molecule has 0 fully saturated rings. The van der Waals surface area contributed by atoms with Crippen LogP contribution in [0.25, 0.3) is 0 Å². The van der Waals surface area contributed by atoms with Crippen LogP contribution in [0.2, 0.25) is 0 Å². The van der Waals surface area contributed by atoms with E-state index in [1.165, 1.54) is 0 Å². The molecule has 0 aliphatic rings. The van der Waals surface area contributed by atoms with Gasteiger partial charge in [-0.3, -0.25) is 4.79 Å². The summed E-state index contributed by atoms with van der Waals surface area (Å²) in [5, 5.41) is 0. The number of ether oxygens (including phenoxy) is 1. The smallest absolute Gasteiger partial charge is 0.308 e. The molecule has 0 aliphatic heterocycles. The largest absolute Gasteiger partial charge is 0.461 e. The fourth-order valence-corrected chi connectivity index (χ4v) is 0.871. The van der Waals surface area contributed by atoms with Crippen molar-refractivity contribution < 1.29 is 9.53 Å². The van der Waals surface area contributed by atoms with Crippen molar-refractivity contribution in [2.75, 3.05) is 0 Å². The maximum absolute atomic E-state index is 11.0. The Kier molecular flexibility index (Phi) is 3.50. The zero-order valence-corrected chi connectivity index (χ0v) is 7.69. The summed E-state index contributed by atoms with van der Waals surface area (Å²) in [6, 6.07) is 9.59. The molecule has 1 aromatic rings. The first-order chi connectivity index (χ1) is 6.20. The van der Waals surface area contributed by atoms with Crippen LogP contribution in [0.4, 0.5) is 0 Å². The first-order valence-corrected chi connectivity index (χ1v) is 4.24. The maximum Gasteiger partial charge on any atom is 0.308 e. The molecule has 0 amide bonds. The lowest BCUT2D eigenvalue weighted by atomic mass is 10.2. The van der Waals surface area contributed by atoms with E-state index >= 15 is 0 Å². The van der Waals surface area contributed by atoms with Gasteiger partial charge in [0.05, 0.1) is 5.92 Å². The molecule has 2 nitrogen and oxygen atoms in total. The molecule has 0 N–H and O–H groups in total. The third-order valence-corrected chi connectivity index (χ3v) is 1.63. The van der Waals surface area contributed by atoms with Crippen LogP contribution in [0.1, 0.15) is 12.5 Å². The lowest BCUT2D eigenvalue weighted by molar-refractivity contribution is -0.147. The van der Waals surface area contributed by atoms with E-state index in [1.807, 2.05) is 30.3 Å². The van der Waals surface area contributed by atoms with E-state index in [9.17, 15) is 4.79 Å². The fraction of sp³-hybridized carbons (Fsp3) is 0.273. The number of benzene rings is 1. The van der Waals surface area contributed by atoms with E-state index in [0.717, 1.165) is 5.56 Å². The molecule has 0 spiro atoms. The van der Waals surface area contributed by atoms with Gasteiger partial charge in [-0.2, -0.15) is 0 Å². The van der Waals surface area contributed by atoms with Crippen LogP contribution in [0.15, 0.2) is 30.3 Å². The zero-order valence-electron chi connectivity index (χ0n) is 7.69. The molecule has 1 radical (unpaired) electrons. The molecule has 0 heterocycles. The highest BCUT2D eigenvalue weighted by Crippen LogP contribution is 2.03. The molecule has 0 saturated heterocycles. The Balaban J connectivity index is 2.40. The van der Waals surface area contributed by atoms with Gasteiger partial charge in [-0.15, -0.1) is 0 Å². The summed E-state index contributed by atoms with van der Waals surface area (Å²) in [6.45, 7) is 5.62. The standard InChI is InChI=1S/C11H13O2/c1-9(2)11(12)13-8-10-6-4-3-5-7-10/h3-7,9H,1,8H2,2H3/t9-/m0/s1. The van der Waals surface area contributed by atoms with Crippen molar-refractivity contribution in [3.05, 3.63) is 42.8 Å². The van der Waals surface area contributed by atoms with Crippen LogP contribution < -0.4 is 0 Å². The number of carbonyl (C=O) groups is 1. The highest BCUT2D eigenvalue weighted by molar-refractivity contribution is 5.72. The van der Waals surface area contributed by atoms with Crippen molar-refractivity contribution in [2.45, 2.75) is 13.5 Å². The summed E-state index contributed by atoms with van der Waals surface area (Å²) in [6.07, 6.45) is 0. The first-order valence-electron chi connectivity index (χ1n) is 4.24. The molecule has 2 heteroatoms. The van der Waals surface area contributed by atoms with Gasteiger partial charge in [0.15, 0.2) is 0 Å². The van der Waals surface area contributed by atoms with Crippen molar-refractivity contribution in [3.8, 4) is 0 Å². The van der Waals surface area contributed by atoms with Crippen LogP contribution in [0.3, 0.4) is 0 Å². The number of carbonyl (C=O) groups excluding carboxylic acids is 1. The minimum absolute atomic E-state index is 0.260. The van der Waals surface area contributed by atoms with Gasteiger partial charge in [-0.05, 0) is 12.5 Å². The highest BCUT2D eigenvalue weighted by Gasteiger charge is 2.07. The van der Waals surface area contributed by atoms with Gasteiger partial charge in [0.2, 0.25) is 0 Å². The second kappa shape index (κ2) is 4.65. The Labute approximate surface area is 78.5 Å². The van der Waals surface area contributed by atoms with E-state index < -0.39 is 0 Å². The highest BCUT2D eigenvalue weighted by atomic mass is 16.5. The molecule has 1 atom stereocenters. The van der Waals surface area contributed by atoms with Crippen LogP contribution in [-0.4, -0.2) is 5.97 Å². The van der Waals surface area contributed by atoms with Crippen LogP contribution in [0, 0.1) is 12.8 Å². The summed E-state index contributed by atoms with van der Waals surface area (Å²) in [5.74, 6) is -0.562. The quantitative estimate of drug-likeness (QED) is 0.661. The Bertz CT molecular complexity index is 265. The van der Waals surface area contributed by atoms with Crippen LogP contribution in [0.5, 0.6) is 0 Å². The normalized spacial score (nSPS) is 10.1. The topological polar surface area (TPSA) is 26.3 Å². The minimum Gasteiger partial charge on any atom is -0.461 e. The molecule has 0 aromatic heterocycles. The van der Waals surface area contributed by atoms with Gasteiger partial charge in [0.25, 0.3) is 0 Å². The second-order valence-corrected chi connectivity index (χ2v) is 2.99. The molecule has 13 heavy (non-hydrogen) atoms. The monoisotopic (exact) mass is 177 g/mol. The molecule has 69 valence electrons. The number of esters is 1. The van der Waals surface area contributed by atoms with Crippen molar-refractivity contribution in [1.29, 1.82) is 0 Å². The molecular formula is C11H13O2. The Hall–Kier alpha value is -1.31. The van der Waals surface area contributed by atoms with Gasteiger partial charge >= 0.3 is 5.97 Å². The number of hydrogen-bond acceptors (Lipinski definition) is 2. The first kappa shape index (κ1) is 9.78. The molecule has 1 rings (SSSR count). The van der Waals surface area contributed by atoms with Gasteiger partial charge in [-0.25, -0.2) is 0 Å². The van der Waals surface area contributed by atoms with E-state index in [0.29, 0.717) is 6.61 Å². The number of rotatable bonds is 3. The second-order valence-electron chi connectivity index (χ2n) is 2.99. The molecule has 1 aromatic carbocycles. The van der Waals surface area contributed by atoms with Crippen molar-refractivity contribution in [2.24, 2.45) is 5.92 Å². The van der Waals surface area contributed by atoms with E-state index in [2.05, 4.69) is 6.92 Å². The maximum atomic E-state index is 11.0. The zero-order chi connectivity index (χ0) is 9.68. The summed E-state index contributed by atoms with van der Waals surface area (Å²) in [7, 11) is 0. The number of hydrogen-bond donors (Lipinski definition) is 0. The SMILES string of the molecule is [CH2][C@@H](C)C(=O)OCc1ccccc1. The van der Waals surface area contributed by atoms with Gasteiger partial charge in [0.1, 0.15) is 6.61 Å². The molecular weight excluding hydrogens is 164 g/mol. The Morgan fingerprint density at radius 1 is 1.46 bits per heavy atom. The summed E-state index contributed by atoms with van der Waals surface area (Å²) in [5.41, 5.74) is 0.997. The molecule has 0 aliphatic carbocycles. The molecule has 0 unspecified atom stereocenters. The van der Waals surface area contributed by atoms with Crippen LogP contribution in [-0.2, 0) is 16.1 Å². The summed E-state index contributed by atoms with van der Waals surface area (Å²) in [4.78, 5) is 11.0. The molecule has 0 saturated carbocycles. The third kappa shape index (κ3) is 3.28. The summed E-state index contributed by atoms with van der Waals surface area (Å²) < 4.78 is 4.99. The van der Waals surface area contributed by atoms with Crippen molar-refractivity contribution in [1.82, 2.24) is 0 Å². The Morgan fingerprint density at radius 2 is 2.08 bits per heavy atom. The lowest BCUT2D eigenvalue weighted by Gasteiger charge is -2.06. The third-order valence-electron chi connectivity index (χ3n) is 1.63. The van der Waals surface area contributed by atoms with E-state index in [4.69, 9.17) is 4.74 Å². The van der Waals surface area contributed by atoms with Gasteiger partial charge in [-0.1, -0.05) is 37.3 Å². The van der Waals surface area contributed by atoms with Crippen molar-refractivity contribution >= 4 is 5.97 Å². The minimum atomic E-state index is -0.302. The average molecular weight is 177 g/mol.